The molecule has 2 N–H and O–H groups in total. The van der Waals surface area contributed by atoms with Crippen LogP contribution in [0, 0.1) is 0 Å². The van der Waals surface area contributed by atoms with Gasteiger partial charge in [-0.3, -0.25) is 9.59 Å². The van der Waals surface area contributed by atoms with Crippen LogP contribution in [0.2, 0.25) is 0 Å². The second kappa shape index (κ2) is 6.52. The number of carbonyl (C=O) groups is 2. The van der Waals surface area contributed by atoms with Crippen LogP contribution in [0.3, 0.4) is 0 Å². The van der Waals surface area contributed by atoms with Gasteiger partial charge in [0.1, 0.15) is 0 Å². The van der Waals surface area contributed by atoms with Crippen molar-refractivity contribution in [2.24, 2.45) is 5.73 Å². The van der Waals surface area contributed by atoms with Crippen LogP contribution in [0.25, 0.3) is 0 Å². The number of hydrogen-bond donors (Lipinski definition) is 1. The van der Waals surface area contributed by atoms with Crippen molar-refractivity contribution in [3.63, 3.8) is 0 Å². The summed E-state index contributed by atoms with van der Waals surface area (Å²) in [4.78, 5) is 27.7. The first kappa shape index (κ1) is 15.1. The second-order valence-electron chi connectivity index (χ2n) is 5.56. The highest BCUT2D eigenvalue weighted by Gasteiger charge is 2.22. The number of nitrogens with two attached hydrogens (primary N) is 1. The van der Waals surface area contributed by atoms with E-state index in [1.54, 1.807) is 24.3 Å². The Morgan fingerprint density at radius 1 is 0.783 bits per heavy atom. The lowest BCUT2D eigenvalue weighted by molar-refractivity contribution is 0.0746. The molecule has 3 rings (SSSR count). The van der Waals surface area contributed by atoms with Crippen LogP contribution in [-0.4, -0.2) is 42.9 Å². The molecule has 2 aromatic rings. The lowest BCUT2D eigenvalue weighted by Crippen LogP contribution is -2.48. The molecule has 1 saturated heterocycles. The molecule has 0 atom stereocenters. The number of carbonyl (C=O) groups excluding carboxylic acids is 2. The Kier molecular flexibility index (Phi) is 4.28. The number of rotatable bonds is 3. The molecule has 5 heteroatoms. The Bertz CT molecular complexity index is 690. The molecule has 0 unspecified atom stereocenters. The minimum Gasteiger partial charge on any atom is -0.368 e. The molecule has 2 aromatic carbocycles. The standard InChI is InChI=1S/C18H19N3O2/c19-17(22)14-6-8-15(9-7-14)18(23)21-12-10-20(11-13-21)16-4-2-1-3-5-16/h1-9H,10-13H2,(H2,19,22). The maximum atomic E-state index is 12.5. The highest BCUT2D eigenvalue weighted by atomic mass is 16.2. The van der Waals surface area contributed by atoms with Crippen molar-refractivity contribution in [3.05, 3.63) is 65.7 Å². The minimum atomic E-state index is -0.486. The van der Waals surface area contributed by atoms with E-state index in [1.165, 1.54) is 5.69 Å². The van der Waals surface area contributed by atoms with Crippen LogP contribution < -0.4 is 10.6 Å². The van der Waals surface area contributed by atoms with Gasteiger partial charge in [-0.1, -0.05) is 18.2 Å². The molecule has 1 aliphatic heterocycles. The molecule has 1 aliphatic rings. The number of para-hydroxylation sites is 1. The van der Waals surface area contributed by atoms with E-state index in [4.69, 9.17) is 5.73 Å². The Morgan fingerprint density at radius 3 is 1.91 bits per heavy atom. The molecule has 0 saturated carbocycles. The first-order valence-corrected chi connectivity index (χ1v) is 7.64. The van der Waals surface area contributed by atoms with Gasteiger partial charge in [-0.2, -0.15) is 0 Å². The summed E-state index contributed by atoms with van der Waals surface area (Å²) in [5.74, 6) is -0.491. The van der Waals surface area contributed by atoms with Gasteiger partial charge in [-0.25, -0.2) is 0 Å². The van der Waals surface area contributed by atoms with Crippen LogP contribution in [0.4, 0.5) is 5.69 Å². The van der Waals surface area contributed by atoms with E-state index in [0.717, 1.165) is 13.1 Å². The average molecular weight is 309 g/mol. The second-order valence-corrected chi connectivity index (χ2v) is 5.56. The molecule has 0 bridgehead atoms. The first-order chi connectivity index (χ1) is 11.1. The Morgan fingerprint density at radius 2 is 1.35 bits per heavy atom. The third-order valence-electron chi connectivity index (χ3n) is 4.10. The van der Waals surface area contributed by atoms with Gasteiger partial charge in [0, 0.05) is 43.0 Å². The predicted molar refractivity (Wildman–Crippen MR) is 89.5 cm³/mol. The van der Waals surface area contributed by atoms with Crippen LogP contribution >= 0.6 is 0 Å². The largest absolute Gasteiger partial charge is 0.368 e. The van der Waals surface area contributed by atoms with Crippen molar-refractivity contribution >= 4 is 17.5 Å². The summed E-state index contributed by atoms with van der Waals surface area (Å²) in [6.07, 6.45) is 0. The molecule has 0 aliphatic carbocycles. The van der Waals surface area contributed by atoms with E-state index >= 15 is 0 Å². The predicted octanol–water partition coefficient (Wildman–Crippen LogP) is 1.75. The van der Waals surface area contributed by atoms with Gasteiger partial charge in [0.2, 0.25) is 5.91 Å². The van der Waals surface area contributed by atoms with Crippen molar-refractivity contribution < 1.29 is 9.59 Å². The minimum absolute atomic E-state index is 0.00580. The Hall–Kier alpha value is -2.82. The summed E-state index contributed by atoms with van der Waals surface area (Å²) >= 11 is 0. The van der Waals surface area contributed by atoms with Gasteiger partial charge >= 0.3 is 0 Å². The zero-order chi connectivity index (χ0) is 16.2. The summed E-state index contributed by atoms with van der Waals surface area (Å²) in [6, 6.07) is 16.7. The molecule has 0 radical (unpaired) electrons. The Labute approximate surface area is 135 Å². The molecule has 23 heavy (non-hydrogen) atoms. The van der Waals surface area contributed by atoms with Gasteiger partial charge in [-0.05, 0) is 36.4 Å². The first-order valence-electron chi connectivity index (χ1n) is 7.64. The molecule has 1 fully saturated rings. The zero-order valence-corrected chi connectivity index (χ0v) is 12.8. The van der Waals surface area contributed by atoms with Gasteiger partial charge in [-0.15, -0.1) is 0 Å². The van der Waals surface area contributed by atoms with E-state index in [0.29, 0.717) is 24.2 Å². The lowest BCUT2D eigenvalue weighted by atomic mass is 10.1. The summed E-state index contributed by atoms with van der Waals surface area (Å²) in [5.41, 5.74) is 7.40. The fourth-order valence-corrected chi connectivity index (χ4v) is 2.77. The number of hydrogen-bond acceptors (Lipinski definition) is 3. The molecule has 1 heterocycles. The lowest BCUT2D eigenvalue weighted by Gasteiger charge is -2.36. The van der Waals surface area contributed by atoms with Crippen LogP contribution in [0.1, 0.15) is 20.7 Å². The molecule has 2 amide bonds. The molecule has 0 aromatic heterocycles. The maximum absolute atomic E-state index is 12.5. The van der Waals surface area contributed by atoms with E-state index in [-0.39, 0.29) is 5.91 Å². The highest BCUT2D eigenvalue weighted by Crippen LogP contribution is 2.17. The summed E-state index contributed by atoms with van der Waals surface area (Å²) < 4.78 is 0. The fourth-order valence-electron chi connectivity index (χ4n) is 2.77. The monoisotopic (exact) mass is 309 g/mol. The molecule has 118 valence electrons. The van der Waals surface area contributed by atoms with E-state index in [1.807, 2.05) is 23.1 Å². The number of primary amides is 1. The number of anilines is 1. The molecular weight excluding hydrogens is 290 g/mol. The van der Waals surface area contributed by atoms with Gasteiger partial charge in [0.25, 0.3) is 5.91 Å². The molecular formula is C18H19N3O2. The summed E-state index contributed by atoms with van der Waals surface area (Å²) in [6.45, 7) is 3.00. The average Bonchev–Trinajstić information content (AvgIpc) is 2.62. The number of benzene rings is 2. The van der Waals surface area contributed by atoms with Crippen LogP contribution in [0.5, 0.6) is 0 Å². The number of piperazine rings is 1. The van der Waals surface area contributed by atoms with Crippen LogP contribution in [-0.2, 0) is 0 Å². The van der Waals surface area contributed by atoms with Gasteiger partial charge in [0.05, 0.1) is 0 Å². The molecule has 5 nitrogen and oxygen atoms in total. The smallest absolute Gasteiger partial charge is 0.253 e. The third kappa shape index (κ3) is 3.34. The van der Waals surface area contributed by atoms with Crippen LogP contribution in [0.15, 0.2) is 54.6 Å². The van der Waals surface area contributed by atoms with Crippen molar-refractivity contribution in [2.45, 2.75) is 0 Å². The van der Waals surface area contributed by atoms with Crippen molar-refractivity contribution in [2.75, 3.05) is 31.1 Å². The third-order valence-corrected chi connectivity index (χ3v) is 4.10. The SMILES string of the molecule is NC(=O)c1ccc(C(=O)N2CCN(c3ccccc3)CC2)cc1. The zero-order valence-electron chi connectivity index (χ0n) is 12.8. The Balaban J connectivity index is 1.63. The van der Waals surface area contributed by atoms with Crippen molar-refractivity contribution in [3.8, 4) is 0 Å². The highest BCUT2D eigenvalue weighted by molar-refractivity contribution is 5.97. The number of nitrogens with zero attached hydrogens (tertiary/aromatic N) is 2. The van der Waals surface area contributed by atoms with E-state index in [2.05, 4.69) is 17.0 Å². The number of amides is 2. The maximum Gasteiger partial charge on any atom is 0.253 e. The van der Waals surface area contributed by atoms with E-state index in [9.17, 15) is 9.59 Å². The normalized spacial score (nSPS) is 14.6. The quantitative estimate of drug-likeness (QED) is 0.939. The topological polar surface area (TPSA) is 66.6 Å². The van der Waals surface area contributed by atoms with Crippen molar-refractivity contribution in [1.29, 1.82) is 0 Å². The molecule has 0 spiro atoms. The summed E-state index contributed by atoms with van der Waals surface area (Å²) in [7, 11) is 0. The summed E-state index contributed by atoms with van der Waals surface area (Å²) in [5, 5.41) is 0. The van der Waals surface area contributed by atoms with Gasteiger partial charge in [0.15, 0.2) is 0 Å². The van der Waals surface area contributed by atoms with E-state index < -0.39 is 5.91 Å². The van der Waals surface area contributed by atoms with Crippen molar-refractivity contribution in [1.82, 2.24) is 4.90 Å². The fraction of sp³-hybridized carbons (Fsp3) is 0.222. The van der Waals surface area contributed by atoms with Gasteiger partial charge < -0.3 is 15.5 Å².